The smallest absolute Gasteiger partial charge is 0.356 e. The number of fused-ring (bicyclic) bond motifs is 1. The minimum atomic E-state index is -1.37. The van der Waals surface area contributed by atoms with Crippen LogP contribution in [0.4, 0.5) is 5.13 Å². The average Bonchev–Trinajstić information content (AvgIpc) is 3.28. The number of carbonyl (C=O) groups is 3. The fourth-order valence-electron chi connectivity index (χ4n) is 11.0. The van der Waals surface area contributed by atoms with E-state index in [-0.39, 0.29) is 22.4 Å². The first-order valence-electron chi connectivity index (χ1n) is 27.3. The van der Waals surface area contributed by atoms with Gasteiger partial charge >= 0.3 is 5.97 Å². The zero-order valence-corrected chi connectivity index (χ0v) is 47.0. The van der Waals surface area contributed by atoms with Crippen LogP contribution >= 0.6 is 34.9 Å². The van der Waals surface area contributed by atoms with E-state index in [4.69, 9.17) is 24.5 Å². The Morgan fingerprint density at radius 2 is 1.06 bits per heavy atom. The van der Waals surface area contributed by atoms with Crippen LogP contribution < -0.4 is 10.6 Å². The first-order chi connectivity index (χ1) is 40.4. The maximum atomic E-state index is 15.6. The molecule has 14 heteroatoms. The van der Waals surface area contributed by atoms with Gasteiger partial charge in [0.05, 0.1) is 0 Å². The summed E-state index contributed by atoms with van der Waals surface area (Å²) in [5.41, 5.74) is 4.73. The summed E-state index contributed by atoms with van der Waals surface area (Å²) in [6.45, 7) is 1.23. The lowest BCUT2D eigenvalue weighted by molar-refractivity contribution is -0.154. The van der Waals surface area contributed by atoms with Crippen molar-refractivity contribution < 1.29 is 28.7 Å². The minimum Gasteiger partial charge on any atom is -0.448 e. The van der Waals surface area contributed by atoms with Crippen molar-refractivity contribution in [2.75, 3.05) is 24.3 Å². The van der Waals surface area contributed by atoms with Crippen molar-refractivity contribution in [1.29, 1.82) is 0 Å². The highest BCUT2D eigenvalue weighted by molar-refractivity contribution is 8.06. The summed E-state index contributed by atoms with van der Waals surface area (Å²) < 4.78 is 12.2. The number of thiazole rings is 1. The molecule has 2 saturated heterocycles. The summed E-state index contributed by atoms with van der Waals surface area (Å²) in [7, 11) is 0. The molecule has 0 radical (unpaired) electrons. The highest BCUT2D eigenvalue weighted by atomic mass is 32.2. The van der Waals surface area contributed by atoms with Crippen molar-refractivity contribution >= 4 is 63.5 Å². The molecule has 1 aromatic heterocycles. The van der Waals surface area contributed by atoms with Gasteiger partial charge in [0.2, 0.25) is 5.60 Å². The number of rotatable bonds is 19. The second-order valence-corrected chi connectivity index (χ2v) is 23.3. The Balaban J connectivity index is 0.932. The molecule has 8 aromatic carbocycles. The van der Waals surface area contributed by atoms with Crippen LogP contribution in [0.2, 0.25) is 0 Å². The summed E-state index contributed by atoms with van der Waals surface area (Å²) in [4.78, 5) is 60.1. The van der Waals surface area contributed by atoms with Crippen LogP contribution in [0.5, 0.6) is 0 Å². The van der Waals surface area contributed by atoms with E-state index in [1.54, 1.807) is 17.1 Å². The second kappa shape index (κ2) is 24.7. The van der Waals surface area contributed by atoms with E-state index in [1.165, 1.54) is 28.0 Å². The van der Waals surface area contributed by atoms with Gasteiger partial charge in [-0.15, -0.1) is 34.9 Å². The maximum Gasteiger partial charge on any atom is 0.356 e. The number of benzene rings is 8. The molecule has 3 aliphatic rings. The number of nitrogens with one attached hydrogen (secondary N) is 2. The zero-order valence-electron chi connectivity index (χ0n) is 44.5. The highest BCUT2D eigenvalue weighted by Crippen LogP contribution is 2.47. The van der Waals surface area contributed by atoms with E-state index in [9.17, 15) is 0 Å². The lowest BCUT2D eigenvalue weighted by Gasteiger charge is -2.50. The minimum absolute atomic E-state index is 0.159. The van der Waals surface area contributed by atoms with Crippen molar-refractivity contribution in [3.63, 3.8) is 0 Å². The van der Waals surface area contributed by atoms with E-state index in [0.29, 0.717) is 24.1 Å². The van der Waals surface area contributed by atoms with Gasteiger partial charge in [0.15, 0.2) is 16.9 Å². The molecule has 9 aromatic rings. The van der Waals surface area contributed by atoms with E-state index in [2.05, 4.69) is 47.0 Å². The van der Waals surface area contributed by atoms with Crippen molar-refractivity contribution in [3.05, 3.63) is 309 Å². The van der Waals surface area contributed by atoms with Crippen LogP contribution in [-0.2, 0) is 39.8 Å². The van der Waals surface area contributed by atoms with Gasteiger partial charge in [0, 0.05) is 51.2 Å². The largest absolute Gasteiger partial charge is 0.448 e. The van der Waals surface area contributed by atoms with Gasteiger partial charge in [-0.2, -0.15) is 0 Å². The molecule has 408 valence electrons. The third kappa shape index (κ3) is 10.9. The number of hydrogen-bond donors (Lipinski definition) is 2. The fourth-order valence-corrected chi connectivity index (χ4v) is 14.5. The molecular weight excluding hydrogens is 1080 g/mol. The molecule has 2 N–H and O–H groups in total. The number of ether oxygens (including phenoxy) is 2. The predicted octanol–water partition coefficient (Wildman–Crippen LogP) is 13.1. The van der Waals surface area contributed by atoms with Gasteiger partial charge in [0.1, 0.15) is 28.3 Å². The van der Waals surface area contributed by atoms with E-state index < -0.39 is 46.4 Å². The fraction of sp³-hybridized carbons (Fsp3) is 0.162. The number of β-lactam (4-membered cyclic amide) rings is 1. The molecule has 2 amide bonds. The van der Waals surface area contributed by atoms with Crippen molar-refractivity contribution in [2.24, 2.45) is 5.16 Å². The Labute approximate surface area is 489 Å². The van der Waals surface area contributed by atoms with Crippen LogP contribution in [0.1, 0.15) is 69.1 Å². The average molecular weight is 1140 g/mol. The summed E-state index contributed by atoms with van der Waals surface area (Å²) in [6.07, 6.45) is 0.858. The number of thioether (sulfide) groups is 2. The van der Waals surface area contributed by atoms with Crippen LogP contribution in [-0.4, -0.2) is 69.0 Å². The van der Waals surface area contributed by atoms with Gasteiger partial charge in [-0.05, 0) is 40.7 Å². The number of hydrogen-bond acceptors (Lipinski definition) is 12. The molecule has 0 spiro atoms. The summed E-state index contributed by atoms with van der Waals surface area (Å²) in [5, 5.41) is 13.7. The topological polar surface area (TPSA) is 131 Å². The number of aromatic nitrogens is 1. The summed E-state index contributed by atoms with van der Waals surface area (Å²) in [5.74, 6) is -1.35. The van der Waals surface area contributed by atoms with Gasteiger partial charge in [-0.3, -0.25) is 14.5 Å². The van der Waals surface area contributed by atoms with Gasteiger partial charge in [-0.25, -0.2) is 9.78 Å². The normalized spacial score (nSPS) is 16.7. The van der Waals surface area contributed by atoms with Crippen LogP contribution in [0.3, 0.4) is 0 Å². The van der Waals surface area contributed by atoms with E-state index in [0.717, 1.165) is 62.3 Å². The predicted molar refractivity (Wildman–Crippen MR) is 326 cm³/mol. The Morgan fingerprint density at radius 1 is 0.622 bits per heavy atom. The molecule has 12 rings (SSSR count). The van der Waals surface area contributed by atoms with E-state index >= 15 is 14.4 Å². The molecule has 0 aliphatic carbocycles. The van der Waals surface area contributed by atoms with Gasteiger partial charge in [0.25, 0.3) is 11.8 Å². The number of nitrogens with zero attached hydrogens (tertiary/aromatic N) is 3. The molecule has 4 heterocycles. The Morgan fingerprint density at radius 3 is 1.52 bits per heavy atom. The first kappa shape index (κ1) is 54.1. The standard InChI is InChI=1S/C68H57N5O6S3/c74-62(70-59-63(75)73-60(57(46-80-64(59)73)82-55-41-43-77-44-42-55)65(76)78-61(47-25-9-1-10-26-47)48-27-11-2-12-28-48)58(72-79-68(52-35-19-6-20-36-52,53-37-21-7-22-38-53)54-39-23-8-24-40-54)56-45-81-66(69-56)71-67(49-29-13-3-14-30-49,50-31-15-4-16-32-50)51-33-17-5-18-34-51/h1-40,45,55,59,61,64H,41-44,46H2,(H,69,71)(H,70,74)/b72-58-/t59?,64-/m0/s1. The highest BCUT2D eigenvalue weighted by Gasteiger charge is 2.55. The van der Waals surface area contributed by atoms with E-state index in [1.807, 2.05) is 206 Å². The molecular formula is C68H57N5O6S3. The quantitative estimate of drug-likeness (QED) is 0.0265. The third-order valence-corrected chi connectivity index (χ3v) is 18.7. The molecule has 0 bridgehead atoms. The molecule has 82 heavy (non-hydrogen) atoms. The Kier molecular flexibility index (Phi) is 16.3. The molecule has 3 aliphatic heterocycles. The van der Waals surface area contributed by atoms with Crippen LogP contribution in [0.25, 0.3) is 0 Å². The van der Waals surface area contributed by atoms with Crippen molar-refractivity contribution in [1.82, 2.24) is 15.2 Å². The maximum absolute atomic E-state index is 15.6. The second-order valence-electron chi connectivity index (χ2n) is 20.0. The lowest BCUT2D eigenvalue weighted by atomic mass is 9.77. The number of carbonyl (C=O) groups excluding carboxylic acids is 3. The molecule has 2 atom stereocenters. The number of amides is 2. The molecule has 0 saturated carbocycles. The Hall–Kier alpha value is -8.53. The monoisotopic (exact) mass is 1140 g/mol. The van der Waals surface area contributed by atoms with Gasteiger partial charge in [-0.1, -0.05) is 248 Å². The molecule has 2 fully saturated rings. The zero-order chi connectivity index (χ0) is 55.7. The van der Waals surface area contributed by atoms with Crippen molar-refractivity contribution in [2.45, 2.75) is 46.8 Å². The van der Waals surface area contributed by atoms with Crippen LogP contribution in [0, 0.1) is 0 Å². The van der Waals surface area contributed by atoms with Crippen LogP contribution in [0.15, 0.2) is 264 Å². The summed E-state index contributed by atoms with van der Waals surface area (Å²) in [6, 6.07) is 78.1. The number of anilines is 1. The lowest BCUT2D eigenvalue weighted by Crippen LogP contribution is -2.71. The van der Waals surface area contributed by atoms with Crippen molar-refractivity contribution in [3.8, 4) is 0 Å². The molecule has 11 nitrogen and oxygen atoms in total. The number of esters is 1. The summed E-state index contributed by atoms with van der Waals surface area (Å²) >= 11 is 4.42. The third-order valence-electron chi connectivity index (χ3n) is 15.0. The number of oxime groups is 1. The first-order valence-corrected chi connectivity index (χ1v) is 30.1. The molecule has 1 unspecified atom stereocenters. The van der Waals surface area contributed by atoms with Gasteiger partial charge < -0.3 is 24.9 Å². The Bertz CT molecular complexity index is 3460. The SMILES string of the molecule is O=C(OC(c1ccccc1)c1ccccc1)C1=C(SC2CCOCC2)CS[C@H]2C(NC(=O)/C(=N\OC(c3ccccc3)(c3ccccc3)c3ccccc3)c3csc(NC(c4ccccc4)(c4ccccc4)c4ccccc4)n3)C(=O)N12.